The monoisotopic (exact) mass is 224 g/mol. The molecule has 0 aromatic carbocycles. The van der Waals surface area contributed by atoms with Gasteiger partial charge in [-0.25, -0.2) is 0 Å². The molecular weight excluding hydrogens is 200 g/mol. The maximum atomic E-state index is 9.75. The van der Waals surface area contributed by atoms with Crippen molar-refractivity contribution in [1.82, 2.24) is 4.90 Å². The summed E-state index contributed by atoms with van der Waals surface area (Å²) in [6, 6.07) is 0.632. The number of aliphatic imine (C=N–C) groups is 1. The summed E-state index contributed by atoms with van der Waals surface area (Å²) in [7, 11) is 1.87. The fourth-order valence-corrected chi connectivity index (χ4v) is 3.24. The van der Waals surface area contributed by atoms with Crippen molar-refractivity contribution in [2.45, 2.75) is 50.7 Å². The standard InChI is InChI=1S/C13H24N2O/c1-14-9-11-5-2-3-7-13(11)15-8-4-6-12(16)10-15/h9,11-13,16H,2-8,10H2,1H3/b14-9+/t11?,12-,13-/m0/s1. The summed E-state index contributed by atoms with van der Waals surface area (Å²) in [5, 5.41) is 9.75. The highest BCUT2D eigenvalue weighted by Gasteiger charge is 2.31. The molecule has 3 nitrogen and oxygen atoms in total. The molecule has 1 unspecified atom stereocenters. The predicted octanol–water partition coefficient (Wildman–Crippen LogP) is 1.70. The van der Waals surface area contributed by atoms with Gasteiger partial charge in [-0.15, -0.1) is 0 Å². The molecule has 92 valence electrons. The third-order valence-electron chi connectivity index (χ3n) is 4.02. The topological polar surface area (TPSA) is 35.8 Å². The Balaban J connectivity index is 1.98. The van der Waals surface area contributed by atoms with E-state index in [-0.39, 0.29) is 6.10 Å². The normalized spacial score (nSPS) is 38.0. The molecule has 0 bridgehead atoms. The molecule has 0 aromatic rings. The SMILES string of the molecule is C/N=C/C1CCCC[C@@H]1N1CCC[C@H](O)C1. The number of hydrogen-bond acceptors (Lipinski definition) is 3. The number of piperidine rings is 1. The van der Waals surface area contributed by atoms with Gasteiger partial charge in [0.05, 0.1) is 6.10 Å². The minimum atomic E-state index is -0.102. The van der Waals surface area contributed by atoms with E-state index in [0.717, 1.165) is 25.9 Å². The van der Waals surface area contributed by atoms with Crippen molar-refractivity contribution in [2.75, 3.05) is 20.1 Å². The van der Waals surface area contributed by atoms with Gasteiger partial charge in [-0.1, -0.05) is 12.8 Å². The van der Waals surface area contributed by atoms with E-state index < -0.39 is 0 Å². The van der Waals surface area contributed by atoms with E-state index in [1.807, 2.05) is 7.05 Å². The molecule has 1 heterocycles. The number of aliphatic hydroxyl groups excluding tert-OH is 1. The van der Waals surface area contributed by atoms with E-state index in [4.69, 9.17) is 0 Å². The van der Waals surface area contributed by atoms with Gasteiger partial charge >= 0.3 is 0 Å². The summed E-state index contributed by atoms with van der Waals surface area (Å²) in [6.45, 7) is 2.04. The molecule has 1 aliphatic heterocycles. The smallest absolute Gasteiger partial charge is 0.0667 e. The van der Waals surface area contributed by atoms with Gasteiger partial charge in [-0.3, -0.25) is 4.90 Å². The van der Waals surface area contributed by atoms with E-state index in [0.29, 0.717) is 12.0 Å². The number of likely N-dealkylation sites (tertiary alicyclic amines) is 1. The average molecular weight is 224 g/mol. The van der Waals surface area contributed by atoms with Crippen LogP contribution in [0.2, 0.25) is 0 Å². The number of aliphatic hydroxyl groups is 1. The number of hydrogen-bond donors (Lipinski definition) is 1. The van der Waals surface area contributed by atoms with Crippen molar-refractivity contribution < 1.29 is 5.11 Å². The van der Waals surface area contributed by atoms with Crippen LogP contribution in [0.4, 0.5) is 0 Å². The van der Waals surface area contributed by atoms with Crippen molar-refractivity contribution in [3.63, 3.8) is 0 Å². The molecule has 0 spiro atoms. The molecule has 2 fully saturated rings. The lowest BCUT2D eigenvalue weighted by atomic mass is 9.83. The first kappa shape index (κ1) is 12.1. The Labute approximate surface area is 98.6 Å². The van der Waals surface area contributed by atoms with Gasteiger partial charge in [0, 0.05) is 31.8 Å². The van der Waals surface area contributed by atoms with Gasteiger partial charge < -0.3 is 10.1 Å². The Kier molecular flexibility index (Phi) is 4.36. The molecule has 0 amide bonds. The fourth-order valence-electron chi connectivity index (χ4n) is 3.24. The Hall–Kier alpha value is -0.410. The maximum absolute atomic E-state index is 9.75. The van der Waals surface area contributed by atoms with Crippen LogP contribution in [0, 0.1) is 5.92 Å². The van der Waals surface area contributed by atoms with Crippen LogP contribution >= 0.6 is 0 Å². The van der Waals surface area contributed by atoms with E-state index in [9.17, 15) is 5.11 Å². The zero-order valence-electron chi connectivity index (χ0n) is 10.3. The minimum absolute atomic E-state index is 0.102. The summed E-state index contributed by atoms with van der Waals surface area (Å²) in [5.74, 6) is 0.615. The molecule has 16 heavy (non-hydrogen) atoms. The number of rotatable bonds is 2. The van der Waals surface area contributed by atoms with Gasteiger partial charge in [-0.05, 0) is 32.2 Å². The Morgan fingerprint density at radius 1 is 1.19 bits per heavy atom. The Bertz CT molecular complexity index is 242. The van der Waals surface area contributed by atoms with Crippen LogP contribution < -0.4 is 0 Å². The van der Waals surface area contributed by atoms with Crippen molar-refractivity contribution >= 4 is 6.21 Å². The molecule has 3 heteroatoms. The van der Waals surface area contributed by atoms with Gasteiger partial charge in [0.2, 0.25) is 0 Å². The van der Waals surface area contributed by atoms with Crippen LogP contribution in [-0.2, 0) is 0 Å². The largest absolute Gasteiger partial charge is 0.392 e. The van der Waals surface area contributed by atoms with Gasteiger partial charge in [-0.2, -0.15) is 0 Å². The number of nitrogens with zero attached hydrogens (tertiary/aromatic N) is 2. The van der Waals surface area contributed by atoms with E-state index in [1.54, 1.807) is 0 Å². The highest BCUT2D eigenvalue weighted by molar-refractivity contribution is 5.61. The maximum Gasteiger partial charge on any atom is 0.0667 e. The quantitative estimate of drug-likeness (QED) is 0.725. The molecule has 1 saturated heterocycles. The van der Waals surface area contributed by atoms with Crippen LogP contribution in [0.1, 0.15) is 38.5 Å². The Morgan fingerprint density at radius 2 is 2.00 bits per heavy atom. The lowest BCUT2D eigenvalue weighted by Crippen LogP contribution is -2.49. The van der Waals surface area contributed by atoms with Crippen molar-refractivity contribution in [3.05, 3.63) is 0 Å². The summed E-state index contributed by atoms with van der Waals surface area (Å²) in [6.07, 6.45) is 9.39. The molecular formula is C13H24N2O. The molecule has 1 N–H and O–H groups in total. The molecule has 2 aliphatic rings. The second-order valence-corrected chi connectivity index (χ2v) is 5.21. The van der Waals surface area contributed by atoms with Crippen molar-refractivity contribution in [2.24, 2.45) is 10.9 Å². The highest BCUT2D eigenvalue weighted by Crippen LogP contribution is 2.29. The van der Waals surface area contributed by atoms with Crippen LogP contribution in [0.15, 0.2) is 4.99 Å². The van der Waals surface area contributed by atoms with E-state index in [2.05, 4.69) is 16.1 Å². The summed E-state index contributed by atoms with van der Waals surface area (Å²) >= 11 is 0. The van der Waals surface area contributed by atoms with Crippen LogP contribution in [0.3, 0.4) is 0 Å². The molecule has 0 aromatic heterocycles. The lowest BCUT2D eigenvalue weighted by Gasteiger charge is -2.41. The van der Waals surface area contributed by atoms with Gasteiger partial charge in [0.25, 0.3) is 0 Å². The zero-order valence-corrected chi connectivity index (χ0v) is 10.3. The van der Waals surface area contributed by atoms with E-state index in [1.165, 1.54) is 25.7 Å². The number of β-amino-alcohol motifs (C(OH)–C–C–N with tert-alkyl or cyclic N) is 1. The van der Waals surface area contributed by atoms with Crippen LogP contribution in [0.25, 0.3) is 0 Å². The summed E-state index contributed by atoms with van der Waals surface area (Å²) in [5.41, 5.74) is 0. The fraction of sp³-hybridized carbons (Fsp3) is 0.923. The molecule has 3 atom stereocenters. The third-order valence-corrected chi connectivity index (χ3v) is 4.02. The minimum Gasteiger partial charge on any atom is -0.392 e. The second-order valence-electron chi connectivity index (χ2n) is 5.21. The predicted molar refractivity (Wildman–Crippen MR) is 67.0 cm³/mol. The van der Waals surface area contributed by atoms with Gasteiger partial charge in [0.15, 0.2) is 0 Å². The van der Waals surface area contributed by atoms with Gasteiger partial charge in [0.1, 0.15) is 0 Å². The first-order valence-electron chi connectivity index (χ1n) is 6.65. The first-order chi connectivity index (χ1) is 7.81. The Morgan fingerprint density at radius 3 is 2.75 bits per heavy atom. The molecule has 1 aliphatic carbocycles. The van der Waals surface area contributed by atoms with Crippen LogP contribution in [0.5, 0.6) is 0 Å². The van der Waals surface area contributed by atoms with Crippen LogP contribution in [-0.4, -0.2) is 48.5 Å². The first-order valence-corrected chi connectivity index (χ1v) is 6.65. The lowest BCUT2D eigenvalue weighted by molar-refractivity contribution is 0.0279. The third kappa shape index (κ3) is 2.83. The average Bonchev–Trinajstić information content (AvgIpc) is 2.30. The molecule has 1 saturated carbocycles. The second kappa shape index (κ2) is 5.78. The molecule has 0 radical (unpaired) electrons. The van der Waals surface area contributed by atoms with E-state index >= 15 is 0 Å². The highest BCUT2D eigenvalue weighted by atomic mass is 16.3. The molecule has 2 rings (SSSR count). The van der Waals surface area contributed by atoms with Crippen molar-refractivity contribution in [3.8, 4) is 0 Å². The summed E-state index contributed by atoms with van der Waals surface area (Å²) < 4.78 is 0. The van der Waals surface area contributed by atoms with Crippen molar-refractivity contribution in [1.29, 1.82) is 0 Å². The zero-order chi connectivity index (χ0) is 11.4. The summed E-state index contributed by atoms with van der Waals surface area (Å²) in [4.78, 5) is 6.71.